The van der Waals surface area contributed by atoms with E-state index in [0.29, 0.717) is 55.0 Å². The van der Waals surface area contributed by atoms with Crippen molar-refractivity contribution in [3.63, 3.8) is 0 Å². The van der Waals surface area contributed by atoms with Crippen LogP contribution in [0.25, 0.3) is 0 Å². The van der Waals surface area contributed by atoms with Crippen LogP contribution in [-0.4, -0.2) is 18.7 Å². The fourth-order valence-electron chi connectivity index (χ4n) is 3.58. The topological polar surface area (TPSA) is 69.2 Å². The van der Waals surface area contributed by atoms with E-state index in [1.54, 1.807) is 30.3 Å². The molecule has 0 aliphatic rings. The Morgan fingerprint density at radius 3 is 2.33 bits per heavy atom. The van der Waals surface area contributed by atoms with Crippen LogP contribution in [-0.2, 0) is 13.2 Å². The van der Waals surface area contributed by atoms with E-state index in [9.17, 15) is 4.79 Å². The van der Waals surface area contributed by atoms with Crippen LogP contribution in [0.2, 0.25) is 10.0 Å². The molecular weight excluding hydrogens is 683 g/mol. The predicted molar refractivity (Wildman–Crippen MR) is 166 cm³/mol. The van der Waals surface area contributed by atoms with Crippen molar-refractivity contribution in [3.05, 3.63) is 120 Å². The maximum Gasteiger partial charge on any atom is 0.271 e. The Bertz CT molecular complexity index is 1490. The molecule has 0 radical (unpaired) electrons. The van der Waals surface area contributed by atoms with Crippen molar-refractivity contribution < 1.29 is 19.0 Å². The highest BCUT2D eigenvalue weighted by atomic mass is 79.9. The summed E-state index contributed by atoms with van der Waals surface area (Å²) < 4.78 is 19.0. The highest BCUT2D eigenvalue weighted by Gasteiger charge is 2.13. The first-order valence-electron chi connectivity index (χ1n) is 12.2. The number of nitrogens with one attached hydrogen (secondary N) is 1. The van der Waals surface area contributed by atoms with Crippen LogP contribution in [0.5, 0.6) is 17.2 Å². The summed E-state index contributed by atoms with van der Waals surface area (Å²) in [6.07, 6.45) is 1.54. The Labute approximate surface area is 259 Å². The number of ether oxygens (including phenoxy) is 3. The zero-order chi connectivity index (χ0) is 28.5. The molecule has 6 nitrogen and oxygen atoms in total. The fourth-order valence-corrected chi connectivity index (χ4v) is 5.50. The van der Waals surface area contributed by atoms with Crippen LogP contribution in [0.15, 0.2) is 92.9 Å². The summed E-state index contributed by atoms with van der Waals surface area (Å²) in [6.45, 7) is 2.95. The van der Waals surface area contributed by atoms with E-state index < -0.39 is 0 Å². The number of hydrogen-bond donors (Lipinski definition) is 1. The summed E-state index contributed by atoms with van der Waals surface area (Å²) in [4.78, 5) is 12.8. The van der Waals surface area contributed by atoms with E-state index in [-0.39, 0.29) is 12.5 Å². The second-order valence-corrected chi connectivity index (χ2v) is 11.0. The minimum atomic E-state index is -0.384. The lowest BCUT2D eigenvalue weighted by Crippen LogP contribution is -2.17. The van der Waals surface area contributed by atoms with E-state index >= 15 is 0 Å². The molecule has 10 heteroatoms. The average molecular weight is 707 g/mol. The van der Waals surface area contributed by atoms with Crippen LogP contribution in [0.1, 0.15) is 34.0 Å². The lowest BCUT2D eigenvalue weighted by molar-refractivity contribution is 0.0954. The second-order valence-electron chi connectivity index (χ2n) is 8.41. The molecule has 0 bridgehead atoms. The van der Waals surface area contributed by atoms with Gasteiger partial charge in [0.05, 0.1) is 21.8 Å². The van der Waals surface area contributed by atoms with Gasteiger partial charge in [0.15, 0.2) is 11.5 Å². The summed E-state index contributed by atoms with van der Waals surface area (Å²) in [5.74, 6) is 1.26. The number of hydrazone groups is 1. The molecule has 4 aromatic rings. The minimum Gasteiger partial charge on any atom is -0.490 e. The molecule has 0 aliphatic carbocycles. The molecule has 1 N–H and O–H groups in total. The third-order valence-electron chi connectivity index (χ3n) is 5.53. The first kappa shape index (κ1) is 29.9. The van der Waals surface area contributed by atoms with E-state index in [4.69, 9.17) is 37.4 Å². The van der Waals surface area contributed by atoms with Gasteiger partial charge >= 0.3 is 0 Å². The number of hydrogen-bond acceptors (Lipinski definition) is 5. The largest absolute Gasteiger partial charge is 0.490 e. The van der Waals surface area contributed by atoms with Crippen molar-refractivity contribution in [1.82, 2.24) is 5.43 Å². The number of carbonyl (C=O) groups is 1. The molecule has 4 rings (SSSR count). The van der Waals surface area contributed by atoms with Crippen molar-refractivity contribution in [3.8, 4) is 17.2 Å². The van der Waals surface area contributed by atoms with E-state index in [1.165, 1.54) is 6.21 Å². The van der Waals surface area contributed by atoms with E-state index in [2.05, 4.69) is 42.4 Å². The molecule has 0 spiro atoms. The van der Waals surface area contributed by atoms with Crippen molar-refractivity contribution >= 4 is 67.2 Å². The van der Waals surface area contributed by atoms with Gasteiger partial charge < -0.3 is 14.2 Å². The highest BCUT2D eigenvalue weighted by Crippen LogP contribution is 2.35. The van der Waals surface area contributed by atoms with Crippen LogP contribution in [0.3, 0.4) is 0 Å². The van der Waals surface area contributed by atoms with Gasteiger partial charge in [-0.05, 0) is 92.4 Å². The molecule has 40 heavy (non-hydrogen) atoms. The molecule has 0 aliphatic heterocycles. The van der Waals surface area contributed by atoms with Crippen LogP contribution >= 0.6 is 55.1 Å². The van der Waals surface area contributed by atoms with Crippen LogP contribution < -0.4 is 19.6 Å². The van der Waals surface area contributed by atoms with Crippen molar-refractivity contribution in [1.29, 1.82) is 0 Å². The first-order chi connectivity index (χ1) is 19.3. The zero-order valence-corrected chi connectivity index (χ0v) is 26.0. The molecule has 0 saturated heterocycles. The number of nitrogens with zero attached hydrogens (tertiary/aromatic N) is 1. The van der Waals surface area contributed by atoms with Gasteiger partial charge in [0, 0.05) is 21.2 Å². The lowest BCUT2D eigenvalue weighted by Gasteiger charge is -2.13. The Hall–Kier alpha value is -3.04. The summed E-state index contributed by atoms with van der Waals surface area (Å²) in [5.41, 5.74) is 5.51. The number of halogens is 4. The monoisotopic (exact) mass is 704 g/mol. The summed E-state index contributed by atoms with van der Waals surface area (Å²) in [7, 11) is 0. The molecule has 4 aromatic carbocycles. The predicted octanol–water partition coefficient (Wildman–Crippen LogP) is 8.84. The van der Waals surface area contributed by atoms with Gasteiger partial charge in [-0.25, -0.2) is 5.43 Å². The van der Waals surface area contributed by atoms with Gasteiger partial charge in [0.1, 0.15) is 19.0 Å². The summed E-state index contributed by atoms with van der Waals surface area (Å²) in [6, 6.07) is 23.7. The fraction of sp³-hybridized carbons (Fsp3) is 0.133. The third-order valence-corrected chi connectivity index (χ3v) is 7.30. The van der Waals surface area contributed by atoms with Gasteiger partial charge in [-0.3, -0.25) is 4.79 Å². The Balaban J connectivity index is 1.38. The average Bonchev–Trinajstić information content (AvgIpc) is 2.93. The highest BCUT2D eigenvalue weighted by molar-refractivity contribution is 9.11. The molecule has 0 unspecified atom stereocenters. The third kappa shape index (κ3) is 8.24. The molecule has 0 atom stereocenters. The van der Waals surface area contributed by atoms with E-state index in [0.717, 1.165) is 16.7 Å². The zero-order valence-electron chi connectivity index (χ0n) is 21.3. The maximum absolute atomic E-state index is 12.8. The Morgan fingerprint density at radius 1 is 0.875 bits per heavy atom. The normalized spacial score (nSPS) is 10.9. The standard InChI is InChI=1S/C30H24Br2Cl2N2O4/c1-2-38-28-14-21(9-11-27(28)39-17-19-6-4-3-5-7-19)30(37)36-35-16-20-12-24(31)29(25(32)13-20)40-18-22-8-10-23(33)15-26(22)34/h3-16H,2,17-18H2,1H3,(H,36,37)/b35-16+. The van der Waals surface area contributed by atoms with Crippen molar-refractivity contribution in [2.75, 3.05) is 6.61 Å². The van der Waals surface area contributed by atoms with Gasteiger partial charge in [-0.15, -0.1) is 0 Å². The summed E-state index contributed by atoms with van der Waals surface area (Å²) in [5, 5.41) is 5.20. The van der Waals surface area contributed by atoms with Crippen molar-refractivity contribution in [2.24, 2.45) is 5.10 Å². The maximum atomic E-state index is 12.8. The number of rotatable bonds is 11. The smallest absolute Gasteiger partial charge is 0.271 e. The number of amides is 1. The van der Waals surface area contributed by atoms with E-state index in [1.807, 2.05) is 55.5 Å². The van der Waals surface area contributed by atoms with Gasteiger partial charge in [-0.1, -0.05) is 59.6 Å². The van der Waals surface area contributed by atoms with Crippen molar-refractivity contribution in [2.45, 2.75) is 20.1 Å². The van der Waals surface area contributed by atoms with Gasteiger partial charge in [0.25, 0.3) is 5.91 Å². The number of benzene rings is 4. The van der Waals surface area contributed by atoms with Crippen LogP contribution in [0, 0.1) is 0 Å². The van der Waals surface area contributed by atoms with Gasteiger partial charge in [0.2, 0.25) is 0 Å². The molecule has 0 saturated carbocycles. The molecular formula is C30H24Br2Cl2N2O4. The molecule has 206 valence electrons. The minimum absolute atomic E-state index is 0.260. The quantitative estimate of drug-likeness (QED) is 0.125. The SMILES string of the molecule is CCOc1cc(C(=O)N/N=C/c2cc(Br)c(OCc3ccc(Cl)cc3Cl)c(Br)c2)ccc1OCc1ccccc1. The molecule has 0 fully saturated rings. The van der Waals surface area contributed by atoms with Crippen LogP contribution in [0.4, 0.5) is 0 Å². The first-order valence-corrected chi connectivity index (χ1v) is 14.5. The second kappa shape index (κ2) is 14.6. The summed E-state index contributed by atoms with van der Waals surface area (Å²) >= 11 is 19.3. The van der Waals surface area contributed by atoms with Gasteiger partial charge in [-0.2, -0.15) is 5.10 Å². The Morgan fingerprint density at radius 2 is 1.62 bits per heavy atom. The Kier molecular flexibility index (Phi) is 10.9. The number of carbonyl (C=O) groups excluding carboxylic acids is 1. The molecule has 0 heterocycles. The molecule has 0 aromatic heterocycles. The molecule has 1 amide bonds. The lowest BCUT2D eigenvalue weighted by atomic mass is 10.2.